The van der Waals surface area contributed by atoms with Crippen molar-refractivity contribution in [3.63, 3.8) is 0 Å². The summed E-state index contributed by atoms with van der Waals surface area (Å²) in [6, 6.07) is 5.99. The summed E-state index contributed by atoms with van der Waals surface area (Å²) in [6.07, 6.45) is 2.64. The zero-order valence-corrected chi connectivity index (χ0v) is 8.79. The van der Waals surface area contributed by atoms with Gasteiger partial charge in [0.15, 0.2) is 0 Å². The number of aryl methyl sites for hydroxylation is 1. The van der Waals surface area contributed by atoms with Gasteiger partial charge < -0.3 is 10.5 Å². The molecule has 14 heavy (non-hydrogen) atoms. The lowest BCUT2D eigenvalue weighted by Crippen LogP contribution is -2.10. The Hall–Kier alpha value is -1.28. The third kappa shape index (κ3) is 2.36. The second-order valence-corrected chi connectivity index (χ2v) is 3.35. The molecule has 0 bridgehead atoms. The molecular weight excluding hydrogens is 174 g/mol. The van der Waals surface area contributed by atoms with E-state index in [0.29, 0.717) is 0 Å². The maximum atomic E-state index is 5.99. The summed E-state index contributed by atoms with van der Waals surface area (Å²) >= 11 is 0. The van der Waals surface area contributed by atoms with Gasteiger partial charge in [0.25, 0.3) is 0 Å². The van der Waals surface area contributed by atoms with Gasteiger partial charge in [0.1, 0.15) is 5.75 Å². The fourth-order valence-corrected chi connectivity index (χ4v) is 1.50. The molecular formula is C12H17NO. The van der Waals surface area contributed by atoms with Gasteiger partial charge in [0, 0.05) is 6.04 Å². The highest BCUT2D eigenvalue weighted by molar-refractivity contribution is 5.36. The predicted molar refractivity (Wildman–Crippen MR) is 59.5 cm³/mol. The number of nitrogens with two attached hydrogens (primary N) is 1. The van der Waals surface area contributed by atoms with Crippen molar-refractivity contribution < 1.29 is 4.74 Å². The topological polar surface area (TPSA) is 35.2 Å². The van der Waals surface area contributed by atoms with Crippen molar-refractivity contribution >= 4 is 0 Å². The second-order valence-electron chi connectivity index (χ2n) is 3.35. The van der Waals surface area contributed by atoms with Crippen molar-refractivity contribution in [2.75, 3.05) is 7.11 Å². The molecule has 1 rings (SSSR count). The van der Waals surface area contributed by atoms with Crippen LogP contribution < -0.4 is 10.5 Å². The van der Waals surface area contributed by atoms with E-state index in [1.54, 1.807) is 7.11 Å². The fraction of sp³-hybridized carbons (Fsp3) is 0.333. The molecule has 0 aromatic heterocycles. The number of rotatable bonds is 4. The molecule has 0 aliphatic rings. The molecule has 1 atom stereocenters. The first-order valence-electron chi connectivity index (χ1n) is 4.70. The van der Waals surface area contributed by atoms with Gasteiger partial charge >= 0.3 is 0 Å². The SMILES string of the molecule is C=CC[C@H](N)c1ccc(OC)cc1C. The minimum atomic E-state index is 0.0402. The Labute approximate surface area is 85.4 Å². The van der Waals surface area contributed by atoms with Crippen LogP contribution in [0.2, 0.25) is 0 Å². The molecule has 0 aliphatic heterocycles. The van der Waals surface area contributed by atoms with E-state index >= 15 is 0 Å². The maximum Gasteiger partial charge on any atom is 0.119 e. The Morgan fingerprint density at radius 1 is 1.57 bits per heavy atom. The average Bonchev–Trinajstić information content (AvgIpc) is 2.17. The fourth-order valence-electron chi connectivity index (χ4n) is 1.50. The summed E-state index contributed by atoms with van der Waals surface area (Å²) in [5.74, 6) is 0.872. The summed E-state index contributed by atoms with van der Waals surface area (Å²) in [5, 5.41) is 0. The van der Waals surface area contributed by atoms with Crippen molar-refractivity contribution in [3.8, 4) is 5.75 Å². The van der Waals surface area contributed by atoms with Gasteiger partial charge in [-0.2, -0.15) is 0 Å². The smallest absolute Gasteiger partial charge is 0.119 e. The first kappa shape index (κ1) is 10.8. The summed E-state index contributed by atoms with van der Waals surface area (Å²) in [5.41, 5.74) is 8.31. The quantitative estimate of drug-likeness (QED) is 0.742. The Kier molecular flexibility index (Phi) is 3.72. The van der Waals surface area contributed by atoms with Crippen LogP contribution in [0.1, 0.15) is 23.6 Å². The zero-order chi connectivity index (χ0) is 10.6. The van der Waals surface area contributed by atoms with Crippen molar-refractivity contribution in [3.05, 3.63) is 42.0 Å². The molecule has 0 spiro atoms. The molecule has 0 heterocycles. The summed E-state index contributed by atoms with van der Waals surface area (Å²) in [4.78, 5) is 0. The van der Waals surface area contributed by atoms with Gasteiger partial charge in [0.05, 0.1) is 7.11 Å². The highest BCUT2D eigenvalue weighted by Gasteiger charge is 2.07. The molecule has 0 unspecified atom stereocenters. The van der Waals surface area contributed by atoms with Crippen LogP contribution in [0.4, 0.5) is 0 Å². The molecule has 0 radical (unpaired) electrons. The average molecular weight is 191 g/mol. The first-order valence-corrected chi connectivity index (χ1v) is 4.70. The van der Waals surface area contributed by atoms with Crippen molar-refractivity contribution in [2.24, 2.45) is 5.73 Å². The molecule has 0 saturated carbocycles. The number of hydrogen-bond acceptors (Lipinski definition) is 2. The summed E-state index contributed by atoms with van der Waals surface area (Å²) < 4.78 is 5.13. The van der Waals surface area contributed by atoms with Gasteiger partial charge in [-0.15, -0.1) is 6.58 Å². The molecule has 2 N–H and O–H groups in total. The monoisotopic (exact) mass is 191 g/mol. The Bertz CT molecular complexity index is 320. The van der Waals surface area contributed by atoms with Gasteiger partial charge in [-0.05, 0) is 36.6 Å². The summed E-state index contributed by atoms with van der Waals surface area (Å²) in [6.45, 7) is 5.73. The normalized spacial score (nSPS) is 12.2. The highest BCUT2D eigenvalue weighted by Crippen LogP contribution is 2.22. The van der Waals surface area contributed by atoms with Crippen LogP contribution in [-0.2, 0) is 0 Å². The molecule has 0 saturated heterocycles. The lowest BCUT2D eigenvalue weighted by atomic mass is 9.99. The minimum Gasteiger partial charge on any atom is -0.497 e. The highest BCUT2D eigenvalue weighted by atomic mass is 16.5. The first-order chi connectivity index (χ1) is 6.69. The number of ether oxygens (including phenoxy) is 1. The molecule has 0 amide bonds. The number of methoxy groups -OCH3 is 1. The van der Waals surface area contributed by atoms with E-state index in [2.05, 4.69) is 6.58 Å². The van der Waals surface area contributed by atoms with Gasteiger partial charge in [-0.1, -0.05) is 12.1 Å². The maximum absolute atomic E-state index is 5.99. The second kappa shape index (κ2) is 4.82. The van der Waals surface area contributed by atoms with Crippen LogP contribution in [0.3, 0.4) is 0 Å². The molecule has 1 aromatic carbocycles. The Balaban J connectivity index is 2.93. The lowest BCUT2D eigenvalue weighted by molar-refractivity contribution is 0.414. The van der Waals surface area contributed by atoms with E-state index in [-0.39, 0.29) is 6.04 Å². The van der Waals surface area contributed by atoms with Crippen LogP contribution >= 0.6 is 0 Å². The van der Waals surface area contributed by atoms with E-state index in [4.69, 9.17) is 10.5 Å². The van der Waals surface area contributed by atoms with E-state index in [9.17, 15) is 0 Å². The third-order valence-electron chi connectivity index (χ3n) is 2.30. The van der Waals surface area contributed by atoms with Crippen LogP contribution in [0.15, 0.2) is 30.9 Å². The van der Waals surface area contributed by atoms with Crippen LogP contribution in [0.5, 0.6) is 5.75 Å². The van der Waals surface area contributed by atoms with Crippen LogP contribution in [-0.4, -0.2) is 7.11 Å². The lowest BCUT2D eigenvalue weighted by Gasteiger charge is -2.13. The number of benzene rings is 1. The third-order valence-corrected chi connectivity index (χ3v) is 2.30. The summed E-state index contributed by atoms with van der Waals surface area (Å²) in [7, 11) is 1.66. The molecule has 1 aromatic rings. The molecule has 2 nitrogen and oxygen atoms in total. The van der Waals surface area contributed by atoms with Crippen LogP contribution in [0.25, 0.3) is 0 Å². The van der Waals surface area contributed by atoms with Crippen LogP contribution in [0, 0.1) is 6.92 Å². The minimum absolute atomic E-state index is 0.0402. The zero-order valence-electron chi connectivity index (χ0n) is 8.79. The molecule has 0 fully saturated rings. The Morgan fingerprint density at radius 2 is 2.29 bits per heavy atom. The standard InChI is InChI=1S/C12H17NO/c1-4-5-12(13)11-7-6-10(14-3)8-9(11)2/h4,6-8,12H,1,5,13H2,2-3H3/t12-/m0/s1. The molecule has 76 valence electrons. The largest absolute Gasteiger partial charge is 0.497 e. The van der Waals surface area contributed by atoms with Gasteiger partial charge in [0.2, 0.25) is 0 Å². The number of hydrogen-bond donors (Lipinski definition) is 1. The van der Waals surface area contributed by atoms with Gasteiger partial charge in [-0.25, -0.2) is 0 Å². The van der Waals surface area contributed by atoms with Crippen molar-refractivity contribution in [2.45, 2.75) is 19.4 Å². The van der Waals surface area contributed by atoms with E-state index in [0.717, 1.165) is 17.7 Å². The predicted octanol–water partition coefficient (Wildman–Crippen LogP) is 2.58. The molecule has 2 heteroatoms. The van der Waals surface area contributed by atoms with E-state index in [1.165, 1.54) is 5.56 Å². The van der Waals surface area contributed by atoms with Crippen molar-refractivity contribution in [1.82, 2.24) is 0 Å². The van der Waals surface area contributed by atoms with E-state index in [1.807, 2.05) is 31.2 Å². The Morgan fingerprint density at radius 3 is 2.79 bits per heavy atom. The van der Waals surface area contributed by atoms with Gasteiger partial charge in [-0.3, -0.25) is 0 Å². The van der Waals surface area contributed by atoms with E-state index < -0.39 is 0 Å². The van der Waals surface area contributed by atoms with Crippen molar-refractivity contribution in [1.29, 1.82) is 0 Å². The molecule has 0 aliphatic carbocycles.